The third-order valence-electron chi connectivity index (χ3n) is 4.55. The average molecular weight is 384 g/mol. The minimum Gasteiger partial charge on any atom is -0.497 e. The number of benzene rings is 2. The van der Waals surface area contributed by atoms with Gasteiger partial charge in [-0.25, -0.2) is 0 Å². The Hall–Kier alpha value is -3.02. The van der Waals surface area contributed by atoms with Gasteiger partial charge in [0.1, 0.15) is 23.5 Å². The first-order valence-corrected chi connectivity index (χ1v) is 9.22. The molecule has 150 valence electrons. The van der Waals surface area contributed by atoms with E-state index in [1.165, 1.54) is 0 Å². The van der Waals surface area contributed by atoms with Crippen LogP contribution in [-0.2, 0) is 16.1 Å². The molecule has 0 unspecified atom stereocenters. The summed E-state index contributed by atoms with van der Waals surface area (Å²) in [7, 11) is 1.60. The average Bonchev–Trinajstić information content (AvgIpc) is 2.70. The van der Waals surface area contributed by atoms with Gasteiger partial charge in [-0.05, 0) is 56.2 Å². The predicted molar refractivity (Wildman–Crippen MR) is 108 cm³/mol. The van der Waals surface area contributed by atoms with Gasteiger partial charge in [0.2, 0.25) is 11.8 Å². The van der Waals surface area contributed by atoms with E-state index in [0.717, 1.165) is 16.9 Å². The van der Waals surface area contributed by atoms with Crippen LogP contribution in [0.15, 0.2) is 48.5 Å². The summed E-state index contributed by atoms with van der Waals surface area (Å²) in [6.07, 6.45) is 0. The molecule has 6 heteroatoms. The minimum atomic E-state index is -1.18. The maximum absolute atomic E-state index is 12.5. The lowest BCUT2D eigenvalue weighted by Gasteiger charge is -2.23. The second kappa shape index (κ2) is 9.78. The SMILES string of the molecule is COc1ccc(OCCNC(=O)C(C)(C)C(=O)NCc2ccccc2C)cc1. The molecule has 2 aromatic carbocycles. The summed E-state index contributed by atoms with van der Waals surface area (Å²) in [4.78, 5) is 24.9. The number of methoxy groups -OCH3 is 1. The molecule has 28 heavy (non-hydrogen) atoms. The van der Waals surface area contributed by atoms with E-state index in [9.17, 15) is 9.59 Å². The second-order valence-corrected chi connectivity index (χ2v) is 7.01. The summed E-state index contributed by atoms with van der Waals surface area (Å²) in [5.74, 6) is 0.779. The number of carbonyl (C=O) groups excluding carboxylic acids is 2. The third-order valence-corrected chi connectivity index (χ3v) is 4.55. The summed E-state index contributed by atoms with van der Waals surface area (Å²) < 4.78 is 10.7. The van der Waals surface area contributed by atoms with Crippen molar-refractivity contribution >= 4 is 11.8 Å². The molecule has 0 atom stereocenters. The predicted octanol–water partition coefficient (Wildman–Crippen LogP) is 2.84. The first-order valence-electron chi connectivity index (χ1n) is 9.22. The quantitative estimate of drug-likeness (QED) is 0.515. The van der Waals surface area contributed by atoms with Gasteiger partial charge in [-0.2, -0.15) is 0 Å². The van der Waals surface area contributed by atoms with E-state index >= 15 is 0 Å². The molecule has 0 spiro atoms. The number of ether oxygens (including phenoxy) is 2. The van der Waals surface area contributed by atoms with Crippen LogP contribution in [0.3, 0.4) is 0 Å². The van der Waals surface area contributed by atoms with E-state index in [1.807, 2.05) is 31.2 Å². The lowest BCUT2D eigenvalue weighted by Crippen LogP contribution is -2.48. The van der Waals surface area contributed by atoms with Crippen LogP contribution in [0.25, 0.3) is 0 Å². The highest BCUT2D eigenvalue weighted by Crippen LogP contribution is 2.18. The monoisotopic (exact) mass is 384 g/mol. The molecular formula is C22H28N2O4. The molecule has 0 heterocycles. The van der Waals surface area contributed by atoms with Crippen LogP contribution in [0.5, 0.6) is 11.5 Å². The summed E-state index contributed by atoms with van der Waals surface area (Å²) in [6, 6.07) is 15.0. The van der Waals surface area contributed by atoms with Gasteiger partial charge in [0.05, 0.1) is 13.7 Å². The van der Waals surface area contributed by atoms with Gasteiger partial charge < -0.3 is 20.1 Å². The van der Waals surface area contributed by atoms with E-state index in [-0.39, 0.29) is 11.8 Å². The molecule has 2 N–H and O–H groups in total. The number of nitrogens with one attached hydrogen (secondary N) is 2. The Morgan fingerprint density at radius 1 is 0.929 bits per heavy atom. The Balaban J connectivity index is 1.77. The topological polar surface area (TPSA) is 76.7 Å². The van der Waals surface area contributed by atoms with Gasteiger partial charge >= 0.3 is 0 Å². The summed E-state index contributed by atoms with van der Waals surface area (Å²) in [5, 5.41) is 5.60. The van der Waals surface area contributed by atoms with Crippen molar-refractivity contribution in [3.05, 3.63) is 59.7 Å². The molecule has 0 aliphatic heterocycles. The highest BCUT2D eigenvalue weighted by Gasteiger charge is 2.35. The van der Waals surface area contributed by atoms with Crippen molar-refractivity contribution in [2.75, 3.05) is 20.3 Å². The Bertz CT molecular complexity index is 800. The lowest BCUT2D eigenvalue weighted by molar-refractivity contribution is -0.141. The molecule has 0 saturated carbocycles. The highest BCUT2D eigenvalue weighted by molar-refractivity contribution is 6.04. The van der Waals surface area contributed by atoms with E-state index in [1.54, 1.807) is 45.2 Å². The zero-order chi connectivity index (χ0) is 20.6. The van der Waals surface area contributed by atoms with Crippen LogP contribution in [0, 0.1) is 12.3 Å². The number of rotatable bonds is 9. The maximum Gasteiger partial charge on any atom is 0.235 e. The van der Waals surface area contributed by atoms with Gasteiger partial charge in [-0.1, -0.05) is 24.3 Å². The summed E-state index contributed by atoms with van der Waals surface area (Å²) in [5.41, 5.74) is 0.948. The van der Waals surface area contributed by atoms with E-state index in [2.05, 4.69) is 10.6 Å². The van der Waals surface area contributed by atoms with Crippen molar-refractivity contribution in [1.29, 1.82) is 0 Å². The standard InChI is InChI=1S/C22H28N2O4/c1-16-7-5-6-8-17(16)15-24-21(26)22(2,3)20(25)23-13-14-28-19-11-9-18(27-4)10-12-19/h5-12H,13-15H2,1-4H3,(H,23,25)(H,24,26). The van der Waals surface area contributed by atoms with Crippen molar-refractivity contribution in [3.8, 4) is 11.5 Å². The minimum absolute atomic E-state index is 0.305. The van der Waals surface area contributed by atoms with E-state index < -0.39 is 5.41 Å². The molecule has 2 amide bonds. The molecule has 2 rings (SSSR count). The molecule has 6 nitrogen and oxygen atoms in total. The molecule has 0 radical (unpaired) electrons. The molecule has 0 aromatic heterocycles. The van der Waals surface area contributed by atoms with Gasteiger partial charge in [0.25, 0.3) is 0 Å². The third kappa shape index (κ3) is 5.74. The van der Waals surface area contributed by atoms with Crippen LogP contribution < -0.4 is 20.1 Å². The Morgan fingerprint density at radius 2 is 1.54 bits per heavy atom. The van der Waals surface area contributed by atoms with Gasteiger partial charge in [-0.15, -0.1) is 0 Å². The summed E-state index contributed by atoms with van der Waals surface area (Å²) >= 11 is 0. The number of amides is 2. The second-order valence-electron chi connectivity index (χ2n) is 7.01. The molecule has 0 saturated heterocycles. The number of hydrogen-bond acceptors (Lipinski definition) is 4. The van der Waals surface area contributed by atoms with Crippen LogP contribution in [0.2, 0.25) is 0 Å². The Kier molecular flexibility index (Phi) is 7.44. The van der Waals surface area contributed by atoms with E-state index in [4.69, 9.17) is 9.47 Å². The van der Waals surface area contributed by atoms with Gasteiger partial charge in [0, 0.05) is 6.54 Å². The number of hydrogen-bond donors (Lipinski definition) is 2. The fourth-order valence-corrected chi connectivity index (χ4v) is 2.53. The van der Waals surface area contributed by atoms with E-state index in [0.29, 0.717) is 25.4 Å². The van der Waals surface area contributed by atoms with Crippen molar-refractivity contribution in [2.45, 2.75) is 27.3 Å². The van der Waals surface area contributed by atoms with Gasteiger partial charge in [0.15, 0.2) is 0 Å². The highest BCUT2D eigenvalue weighted by atomic mass is 16.5. The largest absolute Gasteiger partial charge is 0.497 e. The molecule has 0 bridgehead atoms. The molecule has 0 fully saturated rings. The normalized spacial score (nSPS) is 10.9. The van der Waals surface area contributed by atoms with Crippen LogP contribution in [-0.4, -0.2) is 32.1 Å². The Labute approximate surface area is 166 Å². The van der Waals surface area contributed by atoms with Crippen molar-refractivity contribution in [1.82, 2.24) is 10.6 Å². The smallest absolute Gasteiger partial charge is 0.235 e. The summed E-state index contributed by atoms with van der Waals surface area (Å²) in [6.45, 7) is 6.21. The fourth-order valence-electron chi connectivity index (χ4n) is 2.53. The number of aryl methyl sites for hydroxylation is 1. The molecule has 0 aliphatic carbocycles. The van der Waals surface area contributed by atoms with Crippen molar-refractivity contribution < 1.29 is 19.1 Å². The van der Waals surface area contributed by atoms with Crippen LogP contribution in [0.1, 0.15) is 25.0 Å². The fraction of sp³-hybridized carbons (Fsp3) is 0.364. The first-order chi connectivity index (χ1) is 13.3. The first kappa shape index (κ1) is 21.3. The van der Waals surface area contributed by atoms with Crippen LogP contribution >= 0.6 is 0 Å². The van der Waals surface area contributed by atoms with Gasteiger partial charge in [-0.3, -0.25) is 9.59 Å². The van der Waals surface area contributed by atoms with Crippen molar-refractivity contribution in [3.63, 3.8) is 0 Å². The number of carbonyl (C=O) groups is 2. The molecule has 0 aliphatic rings. The lowest BCUT2D eigenvalue weighted by atomic mass is 9.91. The van der Waals surface area contributed by atoms with Crippen LogP contribution in [0.4, 0.5) is 0 Å². The molecule has 2 aromatic rings. The zero-order valence-electron chi connectivity index (χ0n) is 16.9. The Morgan fingerprint density at radius 3 is 2.18 bits per heavy atom. The molecular weight excluding hydrogens is 356 g/mol. The van der Waals surface area contributed by atoms with Crippen molar-refractivity contribution in [2.24, 2.45) is 5.41 Å². The maximum atomic E-state index is 12.5. The zero-order valence-corrected chi connectivity index (χ0v) is 16.9.